The van der Waals surface area contributed by atoms with E-state index in [1.807, 2.05) is 0 Å². The van der Waals surface area contributed by atoms with Crippen molar-refractivity contribution in [2.75, 3.05) is 0 Å². The number of alkyl halides is 3. The van der Waals surface area contributed by atoms with Gasteiger partial charge in [-0.3, -0.25) is 0 Å². The van der Waals surface area contributed by atoms with Gasteiger partial charge in [0.25, 0.3) is 0 Å². The highest BCUT2D eigenvalue weighted by molar-refractivity contribution is 9.10. The van der Waals surface area contributed by atoms with Gasteiger partial charge in [0, 0.05) is 10.0 Å². The lowest BCUT2D eigenvalue weighted by Crippen LogP contribution is -2.01. The first-order valence-electron chi connectivity index (χ1n) is 2.93. The molecule has 1 aromatic rings. The molecular formula is C7H3BrCl3F. The van der Waals surface area contributed by atoms with E-state index in [2.05, 4.69) is 15.9 Å². The van der Waals surface area contributed by atoms with E-state index in [0.29, 0.717) is 10.0 Å². The third-order valence-corrected chi connectivity index (χ3v) is 2.54. The summed E-state index contributed by atoms with van der Waals surface area (Å²) in [5.74, 6) is -0.431. The van der Waals surface area contributed by atoms with Crippen LogP contribution in [0.5, 0.6) is 0 Å². The fourth-order valence-electron chi connectivity index (χ4n) is 0.715. The second-order valence-corrected chi connectivity index (χ2v) is 5.26. The molecule has 0 fully saturated rings. The summed E-state index contributed by atoms with van der Waals surface area (Å²) in [6.45, 7) is 0. The van der Waals surface area contributed by atoms with Crippen molar-refractivity contribution >= 4 is 50.7 Å². The van der Waals surface area contributed by atoms with Crippen LogP contribution in [0.1, 0.15) is 5.56 Å². The molecule has 0 radical (unpaired) electrons. The van der Waals surface area contributed by atoms with Crippen LogP contribution >= 0.6 is 50.7 Å². The predicted molar refractivity (Wildman–Crippen MR) is 53.3 cm³/mol. The van der Waals surface area contributed by atoms with Crippen LogP contribution in [0.2, 0.25) is 0 Å². The highest BCUT2D eigenvalue weighted by Gasteiger charge is 2.25. The molecule has 0 aliphatic heterocycles. The normalized spacial score (nSPS) is 11.8. The first-order chi connectivity index (χ1) is 5.41. The zero-order chi connectivity index (χ0) is 9.35. The fourth-order valence-corrected chi connectivity index (χ4v) is 2.07. The maximum absolute atomic E-state index is 12.7. The van der Waals surface area contributed by atoms with E-state index in [1.54, 1.807) is 0 Å². The molecule has 0 saturated heterocycles. The Morgan fingerprint density at radius 1 is 1.25 bits per heavy atom. The third-order valence-electron chi connectivity index (χ3n) is 1.23. The molecule has 0 amide bonds. The average Bonchev–Trinajstić information content (AvgIpc) is 1.92. The van der Waals surface area contributed by atoms with E-state index in [0.717, 1.165) is 0 Å². The molecule has 0 aromatic heterocycles. The van der Waals surface area contributed by atoms with Crippen LogP contribution in [0.4, 0.5) is 4.39 Å². The number of halogens is 5. The molecule has 0 nitrogen and oxygen atoms in total. The SMILES string of the molecule is Fc1ccc(Br)c(C(Cl)(Cl)Cl)c1. The van der Waals surface area contributed by atoms with Crippen LogP contribution in [0.25, 0.3) is 0 Å². The zero-order valence-electron chi connectivity index (χ0n) is 5.62. The maximum atomic E-state index is 12.7. The highest BCUT2D eigenvalue weighted by Crippen LogP contribution is 2.41. The minimum absolute atomic E-state index is 0.299. The molecular weight excluding hydrogens is 289 g/mol. The van der Waals surface area contributed by atoms with E-state index in [4.69, 9.17) is 34.8 Å². The van der Waals surface area contributed by atoms with Crippen molar-refractivity contribution in [1.82, 2.24) is 0 Å². The lowest BCUT2D eigenvalue weighted by molar-refractivity contribution is 0.625. The summed E-state index contributed by atoms with van der Waals surface area (Å²) in [7, 11) is 0. The second kappa shape index (κ2) is 3.70. The molecule has 0 saturated carbocycles. The lowest BCUT2D eigenvalue weighted by Gasteiger charge is -2.12. The van der Waals surface area contributed by atoms with Crippen LogP contribution in [-0.2, 0) is 3.79 Å². The second-order valence-electron chi connectivity index (χ2n) is 2.12. The molecule has 66 valence electrons. The largest absolute Gasteiger partial charge is 0.217 e. The Labute approximate surface area is 92.7 Å². The summed E-state index contributed by atoms with van der Waals surface area (Å²) in [6, 6.07) is 3.95. The van der Waals surface area contributed by atoms with Crippen molar-refractivity contribution in [3.63, 3.8) is 0 Å². The molecule has 0 spiro atoms. The Kier molecular flexibility index (Phi) is 3.27. The monoisotopic (exact) mass is 290 g/mol. The van der Waals surface area contributed by atoms with Crippen molar-refractivity contribution in [3.05, 3.63) is 34.1 Å². The third kappa shape index (κ3) is 2.49. The molecule has 0 N–H and O–H groups in total. The van der Waals surface area contributed by atoms with Crippen molar-refractivity contribution in [2.45, 2.75) is 3.79 Å². The van der Waals surface area contributed by atoms with Crippen molar-refractivity contribution in [2.24, 2.45) is 0 Å². The summed E-state index contributed by atoms with van der Waals surface area (Å²) in [5.41, 5.74) is 0.299. The summed E-state index contributed by atoms with van der Waals surface area (Å²) < 4.78 is 11.7. The summed E-state index contributed by atoms with van der Waals surface area (Å²) in [6.07, 6.45) is 0. The van der Waals surface area contributed by atoms with E-state index >= 15 is 0 Å². The van der Waals surface area contributed by atoms with Crippen molar-refractivity contribution < 1.29 is 4.39 Å². The quantitative estimate of drug-likeness (QED) is 0.621. The Hall–Kier alpha value is 0.500. The first kappa shape index (κ1) is 10.6. The van der Waals surface area contributed by atoms with E-state index in [9.17, 15) is 4.39 Å². The van der Waals surface area contributed by atoms with Gasteiger partial charge in [0.2, 0.25) is 3.79 Å². The Balaban J connectivity index is 3.23. The number of benzene rings is 1. The fraction of sp³-hybridized carbons (Fsp3) is 0.143. The summed E-state index contributed by atoms with van der Waals surface area (Å²) in [4.78, 5) is 0. The molecule has 0 aliphatic carbocycles. The Morgan fingerprint density at radius 2 is 1.83 bits per heavy atom. The first-order valence-corrected chi connectivity index (χ1v) is 4.86. The number of hydrogen-bond acceptors (Lipinski definition) is 0. The smallest absolute Gasteiger partial charge is 0.207 e. The topological polar surface area (TPSA) is 0 Å². The zero-order valence-corrected chi connectivity index (χ0v) is 9.48. The summed E-state index contributed by atoms with van der Waals surface area (Å²) in [5, 5.41) is 0. The molecule has 12 heavy (non-hydrogen) atoms. The molecule has 0 unspecified atom stereocenters. The van der Waals surface area contributed by atoms with E-state index in [1.165, 1.54) is 18.2 Å². The van der Waals surface area contributed by atoms with Gasteiger partial charge in [-0.15, -0.1) is 0 Å². The minimum Gasteiger partial charge on any atom is -0.207 e. The Morgan fingerprint density at radius 3 is 2.25 bits per heavy atom. The molecule has 0 atom stereocenters. The molecule has 0 bridgehead atoms. The van der Waals surface area contributed by atoms with Gasteiger partial charge in [-0.25, -0.2) is 4.39 Å². The van der Waals surface area contributed by atoms with Crippen LogP contribution in [0.15, 0.2) is 22.7 Å². The molecule has 0 heterocycles. The van der Waals surface area contributed by atoms with Gasteiger partial charge in [0.15, 0.2) is 0 Å². The van der Waals surface area contributed by atoms with Gasteiger partial charge in [0.1, 0.15) is 5.82 Å². The predicted octanol–water partition coefficient (Wildman–Crippen LogP) is 4.41. The number of rotatable bonds is 0. The van der Waals surface area contributed by atoms with Crippen LogP contribution < -0.4 is 0 Å². The van der Waals surface area contributed by atoms with Gasteiger partial charge >= 0.3 is 0 Å². The average molecular weight is 292 g/mol. The van der Waals surface area contributed by atoms with E-state index < -0.39 is 9.61 Å². The van der Waals surface area contributed by atoms with Gasteiger partial charge < -0.3 is 0 Å². The van der Waals surface area contributed by atoms with Crippen LogP contribution in [0, 0.1) is 5.82 Å². The van der Waals surface area contributed by atoms with Crippen LogP contribution in [-0.4, -0.2) is 0 Å². The molecule has 1 rings (SSSR count). The highest BCUT2D eigenvalue weighted by atomic mass is 79.9. The van der Waals surface area contributed by atoms with E-state index in [-0.39, 0.29) is 0 Å². The standard InChI is InChI=1S/C7H3BrCl3F/c8-6-2-1-4(12)3-5(6)7(9,10)11/h1-3H. The van der Waals surface area contributed by atoms with Crippen molar-refractivity contribution in [3.8, 4) is 0 Å². The maximum Gasteiger partial charge on any atom is 0.217 e. The van der Waals surface area contributed by atoms with Gasteiger partial charge in [-0.05, 0) is 18.2 Å². The minimum atomic E-state index is -1.60. The summed E-state index contributed by atoms with van der Waals surface area (Å²) >= 11 is 19.9. The molecule has 5 heteroatoms. The van der Waals surface area contributed by atoms with Crippen LogP contribution in [0.3, 0.4) is 0 Å². The van der Waals surface area contributed by atoms with Crippen molar-refractivity contribution in [1.29, 1.82) is 0 Å². The van der Waals surface area contributed by atoms with Gasteiger partial charge in [-0.2, -0.15) is 0 Å². The van der Waals surface area contributed by atoms with Gasteiger partial charge in [-0.1, -0.05) is 50.7 Å². The lowest BCUT2D eigenvalue weighted by atomic mass is 10.2. The number of hydrogen-bond donors (Lipinski definition) is 0. The van der Waals surface area contributed by atoms with Gasteiger partial charge in [0.05, 0.1) is 0 Å². The Bertz CT molecular complexity index is 295. The molecule has 1 aromatic carbocycles. The molecule has 0 aliphatic rings.